The van der Waals surface area contributed by atoms with Gasteiger partial charge >= 0.3 is 0 Å². The van der Waals surface area contributed by atoms with E-state index in [1.54, 1.807) is 17.5 Å². The number of anilines is 1. The highest BCUT2D eigenvalue weighted by atomic mass is 32.1. The molecule has 1 aliphatic heterocycles. The van der Waals surface area contributed by atoms with Crippen LogP contribution in [0.4, 0.5) is 9.52 Å². The van der Waals surface area contributed by atoms with E-state index >= 15 is 0 Å². The van der Waals surface area contributed by atoms with Crippen molar-refractivity contribution in [3.8, 4) is 0 Å². The van der Waals surface area contributed by atoms with E-state index in [0.717, 1.165) is 21.8 Å². The zero-order valence-electron chi connectivity index (χ0n) is 15.0. The van der Waals surface area contributed by atoms with Crippen molar-refractivity contribution in [1.29, 1.82) is 0 Å². The predicted molar refractivity (Wildman–Crippen MR) is 109 cm³/mol. The van der Waals surface area contributed by atoms with Gasteiger partial charge in [-0.15, -0.1) is 11.3 Å². The van der Waals surface area contributed by atoms with Gasteiger partial charge in [0.2, 0.25) is 0 Å². The Morgan fingerprint density at radius 2 is 1.86 bits per heavy atom. The number of ketones is 1. The second-order valence-electron chi connectivity index (χ2n) is 6.28. The van der Waals surface area contributed by atoms with Crippen LogP contribution in [0.2, 0.25) is 0 Å². The number of allylic oxidation sites excluding steroid dienone is 1. The highest BCUT2D eigenvalue weighted by Gasteiger charge is 2.45. The third kappa shape index (κ3) is 3.48. The molecule has 2 heterocycles. The molecule has 5 nitrogen and oxygen atoms in total. The molecule has 4 rings (SSSR count). The van der Waals surface area contributed by atoms with Crippen LogP contribution in [0.5, 0.6) is 0 Å². The molecule has 1 N–H and O–H groups in total. The van der Waals surface area contributed by atoms with Gasteiger partial charge in [0.1, 0.15) is 11.9 Å². The number of halogens is 1. The summed E-state index contributed by atoms with van der Waals surface area (Å²) in [5.41, 5.74) is 0.712. The van der Waals surface area contributed by atoms with Crippen molar-refractivity contribution in [3.63, 3.8) is 0 Å². The van der Waals surface area contributed by atoms with Gasteiger partial charge in [-0.2, -0.15) is 0 Å². The summed E-state index contributed by atoms with van der Waals surface area (Å²) in [7, 11) is 0. The number of rotatable bonds is 5. The van der Waals surface area contributed by atoms with E-state index in [9.17, 15) is 19.1 Å². The molecule has 0 bridgehead atoms. The third-order valence-corrected chi connectivity index (χ3v) is 5.30. The second-order valence-corrected chi connectivity index (χ2v) is 7.16. The first-order valence-corrected chi connectivity index (χ1v) is 9.64. The average molecular weight is 406 g/mol. The van der Waals surface area contributed by atoms with E-state index in [1.807, 2.05) is 30.3 Å². The fourth-order valence-electron chi connectivity index (χ4n) is 3.21. The second kappa shape index (κ2) is 7.81. The molecule has 1 unspecified atom stereocenters. The maximum Gasteiger partial charge on any atom is 0.296 e. The molecule has 1 atom stereocenters. The molecule has 0 fully saturated rings. The summed E-state index contributed by atoms with van der Waals surface area (Å²) in [5, 5.41) is 12.4. The van der Waals surface area contributed by atoms with Crippen molar-refractivity contribution in [2.24, 2.45) is 0 Å². The monoisotopic (exact) mass is 406 g/mol. The number of carbonyl (C=O) groups is 2. The Bertz CT molecular complexity index is 1120. The number of hydrogen-bond donors (Lipinski definition) is 1. The SMILES string of the molecule is O=C(C=Cc1ccccc1)C1=C(O)C(=O)N(c2nccs2)C1c1ccccc1F. The van der Waals surface area contributed by atoms with Gasteiger partial charge in [0.15, 0.2) is 16.7 Å². The molecule has 0 saturated heterocycles. The molecular formula is C22H15FN2O3S. The van der Waals surface area contributed by atoms with Crippen LogP contribution >= 0.6 is 11.3 Å². The number of aliphatic hydroxyl groups excluding tert-OH is 1. The van der Waals surface area contributed by atoms with E-state index in [2.05, 4.69) is 4.98 Å². The summed E-state index contributed by atoms with van der Waals surface area (Å²) in [6.07, 6.45) is 4.35. The van der Waals surface area contributed by atoms with Gasteiger partial charge in [-0.05, 0) is 17.7 Å². The van der Waals surface area contributed by atoms with E-state index in [-0.39, 0.29) is 16.3 Å². The van der Waals surface area contributed by atoms with E-state index in [4.69, 9.17) is 0 Å². The topological polar surface area (TPSA) is 70.5 Å². The largest absolute Gasteiger partial charge is 0.503 e. The van der Waals surface area contributed by atoms with Gasteiger partial charge in [0.05, 0.1) is 5.57 Å². The smallest absolute Gasteiger partial charge is 0.296 e. The Morgan fingerprint density at radius 3 is 2.55 bits per heavy atom. The average Bonchev–Trinajstić information content (AvgIpc) is 3.34. The number of amides is 1. The molecule has 2 aromatic carbocycles. The van der Waals surface area contributed by atoms with Crippen LogP contribution < -0.4 is 4.90 Å². The lowest BCUT2D eigenvalue weighted by Crippen LogP contribution is -2.31. The normalized spacial score (nSPS) is 16.8. The maximum absolute atomic E-state index is 14.6. The first-order chi connectivity index (χ1) is 14.1. The van der Waals surface area contributed by atoms with Crippen molar-refractivity contribution in [3.05, 3.63) is 101 Å². The minimum absolute atomic E-state index is 0.108. The van der Waals surface area contributed by atoms with Crippen molar-refractivity contribution in [2.75, 3.05) is 4.90 Å². The number of benzene rings is 2. The number of nitrogens with zero attached hydrogens (tertiary/aromatic N) is 2. The molecule has 3 aromatic rings. The number of aromatic nitrogens is 1. The van der Waals surface area contributed by atoms with Crippen LogP contribution in [0, 0.1) is 5.82 Å². The molecule has 144 valence electrons. The summed E-state index contributed by atoms with van der Waals surface area (Å²) >= 11 is 1.16. The van der Waals surface area contributed by atoms with Gasteiger partial charge in [0, 0.05) is 17.1 Å². The lowest BCUT2D eigenvalue weighted by atomic mass is 9.95. The molecule has 0 radical (unpaired) electrons. The summed E-state index contributed by atoms with van der Waals surface area (Å²) in [5.74, 6) is -2.65. The van der Waals surface area contributed by atoms with Crippen LogP contribution in [0.3, 0.4) is 0 Å². The highest BCUT2D eigenvalue weighted by Crippen LogP contribution is 2.42. The molecule has 29 heavy (non-hydrogen) atoms. The molecule has 1 aliphatic rings. The van der Waals surface area contributed by atoms with E-state index < -0.39 is 29.3 Å². The lowest BCUT2D eigenvalue weighted by molar-refractivity contribution is -0.117. The van der Waals surface area contributed by atoms with Crippen molar-refractivity contribution < 1.29 is 19.1 Å². The van der Waals surface area contributed by atoms with Crippen LogP contribution in [-0.2, 0) is 9.59 Å². The summed E-state index contributed by atoms with van der Waals surface area (Å²) < 4.78 is 14.6. The minimum Gasteiger partial charge on any atom is -0.503 e. The molecule has 7 heteroatoms. The van der Waals surface area contributed by atoms with Crippen molar-refractivity contribution in [2.45, 2.75) is 6.04 Å². The third-order valence-electron chi connectivity index (χ3n) is 4.53. The molecule has 0 saturated carbocycles. The standard InChI is InChI=1S/C22H15FN2O3S/c23-16-9-5-4-8-15(16)19-18(17(26)11-10-14-6-2-1-3-7-14)20(27)21(28)25(19)22-24-12-13-29-22/h1-13,19,27H. The summed E-state index contributed by atoms with van der Waals surface area (Å²) in [6.45, 7) is 0. The van der Waals surface area contributed by atoms with Crippen LogP contribution in [0.1, 0.15) is 17.2 Å². The van der Waals surface area contributed by atoms with Crippen molar-refractivity contribution in [1.82, 2.24) is 4.98 Å². The Kier molecular flexibility index (Phi) is 5.05. The van der Waals surface area contributed by atoms with Gasteiger partial charge in [-0.25, -0.2) is 9.37 Å². The van der Waals surface area contributed by atoms with Gasteiger partial charge in [0.25, 0.3) is 5.91 Å². The Hall–Kier alpha value is -3.58. The molecular weight excluding hydrogens is 391 g/mol. The fraction of sp³-hybridized carbons (Fsp3) is 0.0455. The quantitative estimate of drug-likeness (QED) is 0.635. The van der Waals surface area contributed by atoms with E-state index in [1.165, 1.54) is 30.5 Å². The number of hydrogen-bond acceptors (Lipinski definition) is 5. The Morgan fingerprint density at radius 1 is 1.14 bits per heavy atom. The van der Waals surface area contributed by atoms with Crippen molar-refractivity contribution >= 4 is 34.2 Å². The van der Waals surface area contributed by atoms with Gasteiger partial charge in [-0.1, -0.05) is 54.6 Å². The molecule has 0 spiro atoms. The van der Waals surface area contributed by atoms with E-state index in [0.29, 0.717) is 0 Å². The first-order valence-electron chi connectivity index (χ1n) is 8.76. The summed E-state index contributed by atoms with van der Waals surface area (Å²) in [4.78, 5) is 31.0. The Labute approximate surface area is 170 Å². The molecule has 1 aromatic heterocycles. The molecule has 1 amide bonds. The zero-order chi connectivity index (χ0) is 20.4. The number of thiazole rings is 1. The van der Waals surface area contributed by atoms with Crippen LogP contribution in [0.25, 0.3) is 6.08 Å². The fourth-order valence-corrected chi connectivity index (χ4v) is 3.87. The lowest BCUT2D eigenvalue weighted by Gasteiger charge is -2.24. The summed E-state index contributed by atoms with van der Waals surface area (Å²) in [6, 6.07) is 13.9. The highest BCUT2D eigenvalue weighted by molar-refractivity contribution is 7.13. The van der Waals surface area contributed by atoms with Crippen LogP contribution in [0.15, 0.2) is 83.6 Å². The van der Waals surface area contributed by atoms with Crippen LogP contribution in [-0.4, -0.2) is 21.8 Å². The number of aliphatic hydroxyl groups is 1. The zero-order valence-corrected chi connectivity index (χ0v) is 15.8. The number of carbonyl (C=O) groups excluding carboxylic acids is 2. The molecule has 0 aliphatic carbocycles. The van der Waals surface area contributed by atoms with Gasteiger partial charge < -0.3 is 5.11 Å². The first kappa shape index (κ1) is 18.8. The predicted octanol–water partition coefficient (Wildman–Crippen LogP) is 4.46. The van der Waals surface area contributed by atoms with Gasteiger partial charge in [-0.3, -0.25) is 14.5 Å². The Balaban J connectivity index is 1.79. The minimum atomic E-state index is -1.11. The maximum atomic E-state index is 14.6.